The Bertz CT molecular complexity index is 260. The monoisotopic (exact) mass is 174 g/mol. The molecule has 0 aliphatic rings. The normalized spacial score (nSPS) is 8.36. The Morgan fingerprint density at radius 2 is 2.00 bits per heavy atom. The van der Waals surface area contributed by atoms with Crippen molar-refractivity contribution in [2.45, 2.75) is 0 Å². The van der Waals surface area contributed by atoms with Crippen molar-refractivity contribution < 1.29 is 15.0 Å². The Morgan fingerprint density at radius 3 is 2.36 bits per heavy atom. The Kier molecular flexibility index (Phi) is 3.40. The third kappa shape index (κ3) is 2.47. The molecular weight excluding hydrogens is 168 g/mol. The van der Waals surface area contributed by atoms with Gasteiger partial charge < -0.3 is 10.2 Å². The van der Waals surface area contributed by atoms with Crippen LogP contribution in [0.4, 0.5) is 0 Å². The van der Waals surface area contributed by atoms with E-state index in [1.165, 1.54) is 24.3 Å². The molecule has 0 aliphatic heterocycles. The van der Waals surface area contributed by atoms with Crippen molar-refractivity contribution in [1.29, 1.82) is 0 Å². The first-order valence-corrected chi connectivity index (χ1v) is 2.72. The fourth-order valence-electron chi connectivity index (χ4n) is 0.639. The molecule has 0 amide bonds. The first-order valence-electron chi connectivity index (χ1n) is 2.72. The zero-order chi connectivity index (χ0) is 7.56. The first-order chi connectivity index (χ1) is 4.70. The summed E-state index contributed by atoms with van der Waals surface area (Å²) in [5, 5.41) is 17.2. The summed E-state index contributed by atoms with van der Waals surface area (Å²) < 4.78 is 0. The zero-order valence-electron chi connectivity index (χ0n) is 5.52. The van der Waals surface area contributed by atoms with Crippen molar-refractivity contribution in [1.82, 2.24) is 0 Å². The minimum absolute atomic E-state index is 0. The molecule has 0 bridgehead atoms. The van der Waals surface area contributed by atoms with Crippen LogP contribution in [0.15, 0.2) is 24.3 Å². The van der Waals surface area contributed by atoms with E-state index in [-0.39, 0.29) is 23.7 Å². The third-order valence-corrected chi connectivity index (χ3v) is 1.09. The van der Waals surface area contributed by atoms with Gasteiger partial charge in [-0.25, -0.2) is 4.79 Å². The molecule has 0 saturated heterocycles. The van der Waals surface area contributed by atoms with E-state index >= 15 is 0 Å². The van der Waals surface area contributed by atoms with Crippen LogP contribution in [0.3, 0.4) is 0 Å². The van der Waals surface area contributed by atoms with Gasteiger partial charge in [0.25, 0.3) is 0 Å². The highest BCUT2D eigenvalue weighted by molar-refractivity contribution is 5.87. The molecule has 60 valence electrons. The Balaban J connectivity index is 0.000001000. The van der Waals surface area contributed by atoms with Gasteiger partial charge in [-0.3, -0.25) is 0 Å². The summed E-state index contributed by atoms with van der Waals surface area (Å²) in [5.74, 6) is -1.06. The second kappa shape index (κ2) is 3.83. The van der Waals surface area contributed by atoms with Crippen LogP contribution >= 0.6 is 12.4 Å². The number of rotatable bonds is 1. The summed E-state index contributed by atoms with van der Waals surface area (Å²) in [4.78, 5) is 10.2. The van der Waals surface area contributed by atoms with E-state index in [4.69, 9.17) is 10.2 Å². The van der Waals surface area contributed by atoms with Crippen molar-refractivity contribution in [3.05, 3.63) is 29.8 Å². The number of carboxylic acids is 1. The van der Waals surface area contributed by atoms with Crippen molar-refractivity contribution in [2.24, 2.45) is 0 Å². The summed E-state index contributed by atoms with van der Waals surface area (Å²) in [6, 6.07) is 5.52. The fourth-order valence-corrected chi connectivity index (χ4v) is 0.639. The fraction of sp³-hybridized carbons (Fsp3) is 0. The van der Waals surface area contributed by atoms with Gasteiger partial charge in [0.05, 0.1) is 5.56 Å². The predicted molar refractivity (Wildman–Crippen MR) is 42.3 cm³/mol. The highest BCUT2D eigenvalue weighted by Crippen LogP contribution is 2.09. The number of benzene rings is 1. The molecule has 0 aromatic heterocycles. The highest BCUT2D eigenvalue weighted by atomic mass is 35.5. The molecule has 0 fully saturated rings. The molecule has 0 aliphatic carbocycles. The molecule has 0 spiro atoms. The molecule has 0 radical (unpaired) electrons. The molecular formula is C7H7ClO3. The molecule has 4 heteroatoms. The van der Waals surface area contributed by atoms with Gasteiger partial charge in [-0.1, -0.05) is 6.07 Å². The number of aromatic carboxylic acids is 1. The van der Waals surface area contributed by atoms with Crippen molar-refractivity contribution >= 4 is 18.4 Å². The molecule has 0 heterocycles. The van der Waals surface area contributed by atoms with Crippen LogP contribution in [0.1, 0.15) is 10.4 Å². The molecule has 0 atom stereocenters. The summed E-state index contributed by atoms with van der Waals surface area (Å²) in [7, 11) is 0. The van der Waals surface area contributed by atoms with Crippen molar-refractivity contribution in [3.63, 3.8) is 0 Å². The van der Waals surface area contributed by atoms with Crippen LogP contribution in [0.5, 0.6) is 5.75 Å². The number of carbonyl (C=O) groups is 1. The lowest BCUT2D eigenvalue weighted by atomic mass is 10.2. The van der Waals surface area contributed by atoms with E-state index in [0.717, 1.165) is 0 Å². The Labute approximate surface area is 69.7 Å². The van der Waals surface area contributed by atoms with E-state index in [9.17, 15) is 4.79 Å². The summed E-state index contributed by atoms with van der Waals surface area (Å²) in [5.41, 5.74) is 0.0972. The molecule has 1 rings (SSSR count). The number of phenolic OH excluding ortho intramolecular Hbond substituents is 1. The van der Waals surface area contributed by atoms with Gasteiger partial charge in [-0.15, -0.1) is 12.4 Å². The van der Waals surface area contributed by atoms with Crippen LogP contribution in [0.25, 0.3) is 0 Å². The first kappa shape index (κ1) is 9.78. The molecule has 2 N–H and O–H groups in total. The van der Waals surface area contributed by atoms with Crippen LogP contribution in [-0.2, 0) is 0 Å². The lowest BCUT2D eigenvalue weighted by Crippen LogP contribution is -1.94. The summed E-state index contributed by atoms with van der Waals surface area (Å²) >= 11 is 0. The van der Waals surface area contributed by atoms with E-state index in [0.29, 0.717) is 0 Å². The van der Waals surface area contributed by atoms with Crippen LogP contribution < -0.4 is 0 Å². The Hall–Kier alpha value is -1.22. The minimum atomic E-state index is -1.03. The number of aromatic hydroxyl groups is 1. The lowest BCUT2D eigenvalue weighted by molar-refractivity contribution is 0.0696. The van der Waals surface area contributed by atoms with Gasteiger partial charge in [-0.05, 0) is 18.2 Å². The van der Waals surface area contributed by atoms with Crippen molar-refractivity contribution in [2.75, 3.05) is 0 Å². The minimum Gasteiger partial charge on any atom is -0.508 e. The smallest absolute Gasteiger partial charge is 0.335 e. The number of hydrogen-bond donors (Lipinski definition) is 2. The van der Waals surface area contributed by atoms with Crippen molar-refractivity contribution in [3.8, 4) is 5.75 Å². The second-order valence-electron chi connectivity index (χ2n) is 1.86. The van der Waals surface area contributed by atoms with Gasteiger partial charge in [-0.2, -0.15) is 0 Å². The molecule has 1 aromatic carbocycles. The van der Waals surface area contributed by atoms with Gasteiger partial charge >= 0.3 is 5.97 Å². The molecule has 1 aromatic rings. The van der Waals surface area contributed by atoms with Crippen LogP contribution in [-0.4, -0.2) is 16.2 Å². The standard InChI is InChI=1S/C7H6O3.ClH/c8-6-3-1-2-5(4-6)7(9)10;/h1-4,8H,(H,9,10);1H. The molecule has 0 saturated carbocycles. The lowest BCUT2D eigenvalue weighted by Gasteiger charge is -1.92. The number of halogens is 1. The van der Waals surface area contributed by atoms with E-state index < -0.39 is 5.97 Å². The summed E-state index contributed by atoms with van der Waals surface area (Å²) in [6.07, 6.45) is 0. The van der Waals surface area contributed by atoms with E-state index in [2.05, 4.69) is 0 Å². The van der Waals surface area contributed by atoms with Gasteiger partial charge in [0.1, 0.15) is 5.75 Å². The topological polar surface area (TPSA) is 57.5 Å². The number of carboxylic acid groups (broad SMARTS) is 1. The molecule has 11 heavy (non-hydrogen) atoms. The maximum Gasteiger partial charge on any atom is 0.335 e. The van der Waals surface area contributed by atoms with Gasteiger partial charge in [0, 0.05) is 0 Å². The average Bonchev–Trinajstić information content (AvgIpc) is 1.88. The van der Waals surface area contributed by atoms with Gasteiger partial charge in [0.15, 0.2) is 0 Å². The van der Waals surface area contributed by atoms with Gasteiger partial charge in [0.2, 0.25) is 0 Å². The maximum absolute atomic E-state index is 10.2. The maximum atomic E-state index is 10.2. The average molecular weight is 175 g/mol. The third-order valence-electron chi connectivity index (χ3n) is 1.09. The van der Waals surface area contributed by atoms with E-state index in [1.54, 1.807) is 0 Å². The van der Waals surface area contributed by atoms with Crippen LogP contribution in [0, 0.1) is 0 Å². The predicted octanol–water partition coefficient (Wildman–Crippen LogP) is 1.51. The SMILES string of the molecule is Cl.O=C(O)c1cccc(O)c1. The summed E-state index contributed by atoms with van der Waals surface area (Å²) in [6.45, 7) is 0. The number of hydrogen-bond acceptors (Lipinski definition) is 2. The molecule has 3 nitrogen and oxygen atoms in total. The molecule has 0 unspecified atom stereocenters. The second-order valence-corrected chi connectivity index (χ2v) is 1.86. The zero-order valence-corrected chi connectivity index (χ0v) is 6.34. The Morgan fingerprint density at radius 1 is 1.36 bits per heavy atom. The quantitative estimate of drug-likeness (QED) is 0.679. The number of phenols is 1. The van der Waals surface area contributed by atoms with Crippen LogP contribution in [0.2, 0.25) is 0 Å². The van der Waals surface area contributed by atoms with E-state index in [1.807, 2.05) is 0 Å². The highest BCUT2D eigenvalue weighted by Gasteiger charge is 2.00. The largest absolute Gasteiger partial charge is 0.508 e.